The Labute approximate surface area is 172 Å². The summed E-state index contributed by atoms with van der Waals surface area (Å²) in [6.07, 6.45) is 0. The topological polar surface area (TPSA) is 99.5 Å². The number of anilines is 1. The summed E-state index contributed by atoms with van der Waals surface area (Å²) in [5.74, 6) is -0.459. The van der Waals surface area contributed by atoms with E-state index in [0.29, 0.717) is 5.69 Å². The summed E-state index contributed by atoms with van der Waals surface area (Å²) < 4.78 is 1.07. The molecule has 0 atom stereocenters. The average Bonchev–Trinajstić information content (AvgIpc) is 2.73. The van der Waals surface area contributed by atoms with Crippen LogP contribution in [-0.4, -0.2) is 20.4 Å². The van der Waals surface area contributed by atoms with Gasteiger partial charge in [-0.2, -0.15) is 5.10 Å². The molecule has 0 aliphatic rings. The molecule has 0 bridgehead atoms. The van der Waals surface area contributed by atoms with Crippen molar-refractivity contribution in [1.29, 1.82) is 0 Å². The van der Waals surface area contributed by atoms with E-state index >= 15 is 0 Å². The molecule has 3 aromatic carbocycles. The van der Waals surface area contributed by atoms with Crippen molar-refractivity contribution in [2.24, 2.45) is 5.10 Å². The van der Waals surface area contributed by atoms with Gasteiger partial charge in [-0.15, -0.1) is 0 Å². The van der Waals surface area contributed by atoms with Crippen LogP contribution in [0.3, 0.4) is 0 Å². The minimum atomic E-state index is -0.717. The number of para-hydroxylation sites is 1. The lowest BCUT2D eigenvalue weighted by molar-refractivity contribution is 0.429. The summed E-state index contributed by atoms with van der Waals surface area (Å²) in [5, 5.41) is 17.1. The van der Waals surface area contributed by atoms with E-state index < -0.39 is 17.1 Å². The molecule has 4 aromatic rings. The minimum Gasteiger partial charge on any atom is -0.493 e. The Hall–Kier alpha value is -4.13. The number of aromatic nitrogens is 2. The summed E-state index contributed by atoms with van der Waals surface area (Å²) in [6.45, 7) is 3.41. The van der Waals surface area contributed by atoms with Gasteiger partial charge in [-0.25, -0.2) is 9.36 Å². The number of fused-ring (bicyclic) bond motifs is 1. The Balaban J connectivity index is 1.80. The average molecular weight is 400 g/mol. The van der Waals surface area contributed by atoms with Crippen LogP contribution in [-0.2, 0) is 0 Å². The largest absolute Gasteiger partial charge is 0.493 e. The second-order valence-electron chi connectivity index (χ2n) is 6.92. The van der Waals surface area contributed by atoms with E-state index in [2.05, 4.69) is 15.5 Å². The quantitative estimate of drug-likeness (QED) is 0.360. The number of hydrogen-bond donors (Lipinski definition) is 3. The van der Waals surface area contributed by atoms with Crippen LogP contribution in [0.4, 0.5) is 5.69 Å². The molecule has 3 N–H and O–H groups in total. The number of hydrazone groups is 1. The van der Waals surface area contributed by atoms with Crippen LogP contribution in [0.2, 0.25) is 0 Å². The third-order valence-corrected chi connectivity index (χ3v) is 4.94. The molecule has 0 unspecified atom stereocenters. The Bertz CT molecular complexity index is 1390. The molecular formula is C23H20N4O3. The van der Waals surface area contributed by atoms with E-state index in [4.69, 9.17) is 0 Å². The zero-order valence-electron chi connectivity index (χ0n) is 16.5. The molecule has 0 aliphatic carbocycles. The monoisotopic (exact) mass is 400 g/mol. The third kappa shape index (κ3) is 3.37. The zero-order chi connectivity index (χ0) is 21.3. The Morgan fingerprint density at radius 1 is 1.00 bits per heavy atom. The molecule has 0 fully saturated rings. The molecule has 30 heavy (non-hydrogen) atoms. The molecular weight excluding hydrogens is 380 g/mol. The van der Waals surface area contributed by atoms with Gasteiger partial charge < -0.3 is 5.11 Å². The number of H-pyrrole nitrogens is 1. The lowest BCUT2D eigenvalue weighted by Crippen LogP contribution is -2.33. The summed E-state index contributed by atoms with van der Waals surface area (Å²) in [5.41, 5.74) is 3.71. The van der Waals surface area contributed by atoms with E-state index in [1.54, 1.807) is 19.1 Å². The van der Waals surface area contributed by atoms with Crippen LogP contribution in [0.25, 0.3) is 16.5 Å². The predicted molar refractivity (Wildman–Crippen MR) is 119 cm³/mol. The Morgan fingerprint density at radius 2 is 1.70 bits per heavy atom. The maximum absolute atomic E-state index is 12.5. The van der Waals surface area contributed by atoms with Crippen molar-refractivity contribution < 1.29 is 5.11 Å². The summed E-state index contributed by atoms with van der Waals surface area (Å²) in [6, 6.07) is 20.7. The molecule has 1 heterocycles. The number of hydrogen-bond acceptors (Lipinski definition) is 5. The number of nitrogens with one attached hydrogen (secondary N) is 2. The molecule has 150 valence electrons. The van der Waals surface area contributed by atoms with Crippen molar-refractivity contribution in [2.75, 3.05) is 5.43 Å². The van der Waals surface area contributed by atoms with E-state index in [9.17, 15) is 14.7 Å². The molecule has 0 saturated heterocycles. The number of aromatic amines is 1. The van der Waals surface area contributed by atoms with E-state index in [0.717, 1.165) is 26.6 Å². The number of aryl methyl sites for hydroxylation is 1. The van der Waals surface area contributed by atoms with Gasteiger partial charge in [-0.05, 0) is 36.9 Å². The SMILES string of the molecule is C/C(=N\Nc1cccc2ccccc12)c1c(O)n(-c2ccccc2C)c(=O)[nH]c1=O. The normalized spacial score (nSPS) is 11.6. The maximum atomic E-state index is 12.5. The molecule has 1 aromatic heterocycles. The first-order valence-corrected chi connectivity index (χ1v) is 9.40. The zero-order valence-corrected chi connectivity index (χ0v) is 16.5. The van der Waals surface area contributed by atoms with Crippen molar-refractivity contribution in [1.82, 2.24) is 9.55 Å². The van der Waals surface area contributed by atoms with E-state index in [-0.39, 0.29) is 11.3 Å². The third-order valence-electron chi connectivity index (χ3n) is 4.94. The highest BCUT2D eigenvalue weighted by Crippen LogP contribution is 2.24. The summed E-state index contributed by atoms with van der Waals surface area (Å²) in [4.78, 5) is 27.1. The van der Waals surface area contributed by atoms with Gasteiger partial charge in [0.25, 0.3) is 5.56 Å². The highest BCUT2D eigenvalue weighted by Gasteiger charge is 2.19. The van der Waals surface area contributed by atoms with Gasteiger partial charge in [0.15, 0.2) is 0 Å². The fourth-order valence-electron chi connectivity index (χ4n) is 3.41. The highest BCUT2D eigenvalue weighted by atomic mass is 16.3. The molecule has 4 rings (SSSR count). The first-order chi connectivity index (χ1) is 14.5. The van der Waals surface area contributed by atoms with Gasteiger partial charge in [0.05, 0.1) is 17.1 Å². The standard InChI is InChI=1S/C23H20N4O3/c1-14-8-3-6-13-19(14)27-22(29)20(21(28)24-23(27)30)15(2)25-26-18-12-7-10-16-9-4-5-11-17(16)18/h3-13,26,29H,1-2H3,(H,24,28,30)/b25-15+. The van der Waals surface area contributed by atoms with Crippen LogP contribution in [0.15, 0.2) is 81.4 Å². The summed E-state index contributed by atoms with van der Waals surface area (Å²) >= 11 is 0. The molecule has 0 amide bonds. The van der Waals surface area contributed by atoms with Crippen molar-refractivity contribution in [3.8, 4) is 11.6 Å². The lowest BCUT2D eigenvalue weighted by Gasteiger charge is -2.13. The highest BCUT2D eigenvalue weighted by molar-refractivity contribution is 6.01. The van der Waals surface area contributed by atoms with Gasteiger partial charge in [-0.1, -0.05) is 54.6 Å². The fraction of sp³-hybridized carbons (Fsp3) is 0.0870. The van der Waals surface area contributed by atoms with Crippen molar-refractivity contribution in [3.63, 3.8) is 0 Å². The summed E-state index contributed by atoms with van der Waals surface area (Å²) in [7, 11) is 0. The van der Waals surface area contributed by atoms with Crippen LogP contribution >= 0.6 is 0 Å². The van der Waals surface area contributed by atoms with Crippen LogP contribution in [0.1, 0.15) is 18.1 Å². The van der Waals surface area contributed by atoms with Crippen LogP contribution < -0.4 is 16.7 Å². The predicted octanol–water partition coefficient (Wildman–Crippen LogP) is 3.53. The number of rotatable bonds is 4. The smallest absolute Gasteiger partial charge is 0.335 e. The van der Waals surface area contributed by atoms with Crippen molar-refractivity contribution in [3.05, 3.63) is 98.7 Å². The van der Waals surface area contributed by atoms with Gasteiger partial charge in [0.2, 0.25) is 5.88 Å². The van der Waals surface area contributed by atoms with E-state index in [1.807, 2.05) is 61.5 Å². The molecule has 7 nitrogen and oxygen atoms in total. The van der Waals surface area contributed by atoms with Crippen molar-refractivity contribution >= 4 is 22.2 Å². The second kappa shape index (κ2) is 7.71. The molecule has 0 spiro atoms. The van der Waals surface area contributed by atoms with Crippen molar-refractivity contribution in [2.45, 2.75) is 13.8 Å². The number of nitrogens with zero attached hydrogens (tertiary/aromatic N) is 2. The fourth-order valence-corrected chi connectivity index (χ4v) is 3.41. The molecule has 7 heteroatoms. The first kappa shape index (κ1) is 19.2. The Kier molecular flexibility index (Phi) is 4.93. The molecule has 0 saturated carbocycles. The Morgan fingerprint density at radius 3 is 2.50 bits per heavy atom. The van der Waals surface area contributed by atoms with Gasteiger partial charge in [-0.3, -0.25) is 15.2 Å². The molecule has 0 aliphatic heterocycles. The van der Waals surface area contributed by atoms with Gasteiger partial charge >= 0.3 is 5.69 Å². The van der Waals surface area contributed by atoms with E-state index in [1.165, 1.54) is 0 Å². The van der Waals surface area contributed by atoms with Crippen LogP contribution in [0, 0.1) is 6.92 Å². The van der Waals surface area contributed by atoms with Gasteiger partial charge in [0.1, 0.15) is 5.56 Å². The lowest BCUT2D eigenvalue weighted by atomic mass is 10.1. The first-order valence-electron chi connectivity index (χ1n) is 9.40. The molecule has 0 radical (unpaired) electrons. The number of aromatic hydroxyl groups is 1. The second-order valence-corrected chi connectivity index (χ2v) is 6.92. The van der Waals surface area contributed by atoms with Gasteiger partial charge in [0, 0.05) is 5.39 Å². The number of benzene rings is 3. The van der Waals surface area contributed by atoms with Crippen LogP contribution in [0.5, 0.6) is 5.88 Å². The maximum Gasteiger partial charge on any atom is 0.335 e. The minimum absolute atomic E-state index is 0.0782.